The molecule has 32 heavy (non-hydrogen) atoms. The Balaban J connectivity index is 1.92. The predicted molar refractivity (Wildman–Crippen MR) is 113 cm³/mol. The third-order valence-corrected chi connectivity index (χ3v) is 6.97. The maximum Gasteiger partial charge on any atom is 0.255 e. The molecule has 3 atom stereocenters. The topological polar surface area (TPSA) is 184 Å². The molecule has 3 aliphatic carbocycles. The largest absolute Gasteiger partial charge is 0.511 e. The molecule has 1 unspecified atom stereocenters. The lowest BCUT2D eigenvalue weighted by Crippen LogP contribution is -2.57. The van der Waals surface area contributed by atoms with Gasteiger partial charge in [0.15, 0.2) is 11.4 Å². The van der Waals surface area contributed by atoms with E-state index < -0.39 is 52.0 Å². The first-order valence-corrected chi connectivity index (χ1v) is 10.6. The summed E-state index contributed by atoms with van der Waals surface area (Å²) in [5.41, 5.74) is 9.40. The van der Waals surface area contributed by atoms with Crippen molar-refractivity contribution in [3.05, 3.63) is 51.0 Å². The number of ketones is 2. The Morgan fingerprint density at radius 3 is 2.47 bits per heavy atom. The van der Waals surface area contributed by atoms with Gasteiger partial charge in [-0.15, -0.1) is 0 Å². The molecule has 0 saturated carbocycles. The zero-order valence-corrected chi connectivity index (χ0v) is 17.6. The Labute approximate surface area is 184 Å². The standard InChI is InChI=1S/C23H26N2O7/c1-2-3-9-4-11(8-24)18(27)16-13(9)6-10-5-12-7-14(26)17(22(25)31)21(30)23(12,32)20(29)15(10)19(16)28/h4,10,12,26-27,29,32H,2-3,5-8,24H2,1H3,(H2,25,31)/t10-,12?,23+/m1/s1. The average Bonchev–Trinajstić information content (AvgIpc) is 2.72. The number of aromatic hydroxyl groups is 1. The van der Waals surface area contributed by atoms with Gasteiger partial charge in [0.25, 0.3) is 5.91 Å². The molecule has 0 radical (unpaired) electrons. The maximum absolute atomic E-state index is 13.5. The van der Waals surface area contributed by atoms with E-state index in [4.69, 9.17) is 11.5 Å². The second-order valence-electron chi connectivity index (χ2n) is 8.76. The van der Waals surface area contributed by atoms with Gasteiger partial charge in [0.1, 0.15) is 22.8 Å². The van der Waals surface area contributed by atoms with E-state index in [0.717, 1.165) is 12.0 Å². The summed E-state index contributed by atoms with van der Waals surface area (Å²) in [5.74, 6) is -6.26. The summed E-state index contributed by atoms with van der Waals surface area (Å²) >= 11 is 0. The molecule has 9 nitrogen and oxygen atoms in total. The van der Waals surface area contributed by atoms with Gasteiger partial charge in [0.05, 0.1) is 5.56 Å². The molecule has 0 fully saturated rings. The SMILES string of the molecule is CCCc1cc(CN)c(O)c2c1C[C@H]1CC3CC(O)=C(C(N)=O)C(=O)[C@@]3(O)C(O)=C1C2=O. The Kier molecular flexibility index (Phi) is 5.14. The number of rotatable bonds is 4. The number of phenols is 1. The molecule has 1 aromatic rings. The number of nitrogens with two attached hydrogens (primary N) is 2. The predicted octanol–water partition coefficient (Wildman–Crippen LogP) is 0.992. The molecule has 1 amide bonds. The van der Waals surface area contributed by atoms with E-state index in [1.54, 1.807) is 6.07 Å². The second-order valence-corrected chi connectivity index (χ2v) is 8.76. The second kappa shape index (κ2) is 7.46. The number of aryl methyl sites for hydroxylation is 1. The number of amides is 1. The molecular formula is C23H26N2O7. The van der Waals surface area contributed by atoms with Crippen molar-refractivity contribution >= 4 is 17.5 Å². The Bertz CT molecular complexity index is 1130. The van der Waals surface area contributed by atoms with Gasteiger partial charge >= 0.3 is 0 Å². The lowest BCUT2D eigenvalue weighted by molar-refractivity contribution is -0.144. The van der Waals surface area contributed by atoms with E-state index in [2.05, 4.69) is 0 Å². The van der Waals surface area contributed by atoms with Gasteiger partial charge in [-0.25, -0.2) is 0 Å². The number of phenolic OH excluding ortho intramolecular Hbond substituents is 1. The van der Waals surface area contributed by atoms with Crippen molar-refractivity contribution in [1.29, 1.82) is 0 Å². The minimum absolute atomic E-state index is 0.00804. The first-order valence-electron chi connectivity index (χ1n) is 10.6. The number of benzene rings is 1. The summed E-state index contributed by atoms with van der Waals surface area (Å²) in [4.78, 5) is 38.1. The van der Waals surface area contributed by atoms with Crippen LogP contribution < -0.4 is 11.5 Å². The van der Waals surface area contributed by atoms with Gasteiger partial charge < -0.3 is 31.9 Å². The van der Waals surface area contributed by atoms with Crippen LogP contribution in [0.2, 0.25) is 0 Å². The number of hydrogen-bond donors (Lipinski definition) is 6. The maximum atomic E-state index is 13.5. The first kappa shape index (κ1) is 22.0. The lowest BCUT2D eigenvalue weighted by Gasteiger charge is -2.45. The summed E-state index contributed by atoms with van der Waals surface area (Å²) in [7, 11) is 0. The molecule has 0 spiro atoms. The molecule has 0 aromatic heterocycles. The zero-order chi connectivity index (χ0) is 23.5. The number of hydrogen-bond acceptors (Lipinski definition) is 8. The van der Waals surface area contributed by atoms with Crippen LogP contribution in [-0.2, 0) is 29.0 Å². The first-order chi connectivity index (χ1) is 15.1. The number of carbonyl (C=O) groups excluding carboxylic acids is 3. The van der Waals surface area contributed by atoms with Gasteiger partial charge in [-0.1, -0.05) is 19.4 Å². The van der Waals surface area contributed by atoms with Crippen molar-refractivity contribution in [2.75, 3.05) is 0 Å². The van der Waals surface area contributed by atoms with Crippen LogP contribution in [0.4, 0.5) is 0 Å². The van der Waals surface area contributed by atoms with Crippen LogP contribution >= 0.6 is 0 Å². The molecule has 0 aliphatic heterocycles. The summed E-state index contributed by atoms with van der Waals surface area (Å²) in [6.07, 6.45) is 1.65. The number of Topliss-reactive ketones (excluding diaryl/α,β-unsaturated/α-hetero) is 2. The zero-order valence-electron chi connectivity index (χ0n) is 17.6. The Hall–Kier alpha value is -3.17. The van der Waals surface area contributed by atoms with Crippen LogP contribution in [0.5, 0.6) is 5.75 Å². The van der Waals surface area contributed by atoms with E-state index in [-0.39, 0.29) is 36.3 Å². The monoisotopic (exact) mass is 442 g/mol. The smallest absolute Gasteiger partial charge is 0.255 e. The fourth-order valence-corrected chi connectivity index (χ4v) is 5.47. The Morgan fingerprint density at radius 1 is 1.19 bits per heavy atom. The van der Waals surface area contributed by atoms with Crippen LogP contribution in [0, 0.1) is 11.8 Å². The number of fused-ring (bicyclic) bond motifs is 3. The molecule has 170 valence electrons. The molecule has 0 saturated heterocycles. The van der Waals surface area contributed by atoms with Crippen LogP contribution in [0.3, 0.4) is 0 Å². The van der Waals surface area contributed by atoms with Gasteiger partial charge in [-0.2, -0.15) is 0 Å². The number of aliphatic hydroxyl groups is 3. The van der Waals surface area contributed by atoms with Crippen LogP contribution in [0.1, 0.15) is 53.2 Å². The van der Waals surface area contributed by atoms with E-state index in [9.17, 15) is 34.8 Å². The molecule has 9 heteroatoms. The van der Waals surface area contributed by atoms with Crippen LogP contribution in [-0.4, -0.2) is 43.5 Å². The quantitative estimate of drug-likeness (QED) is 0.373. The number of primary amides is 1. The average molecular weight is 442 g/mol. The van der Waals surface area contributed by atoms with Crippen molar-refractivity contribution in [2.24, 2.45) is 23.3 Å². The number of carbonyl (C=O) groups is 3. The number of aliphatic hydroxyl groups excluding tert-OH is 2. The highest BCUT2D eigenvalue weighted by atomic mass is 16.3. The molecule has 4 rings (SSSR count). The summed E-state index contributed by atoms with van der Waals surface area (Å²) < 4.78 is 0. The lowest BCUT2D eigenvalue weighted by atomic mass is 9.60. The van der Waals surface area contributed by atoms with E-state index in [0.29, 0.717) is 24.0 Å². The molecule has 8 N–H and O–H groups in total. The molecule has 3 aliphatic rings. The van der Waals surface area contributed by atoms with Gasteiger partial charge in [0.2, 0.25) is 5.78 Å². The van der Waals surface area contributed by atoms with E-state index in [1.807, 2.05) is 6.92 Å². The minimum Gasteiger partial charge on any atom is -0.511 e. The minimum atomic E-state index is -2.55. The van der Waals surface area contributed by atoms with Crippen molar-refractivity contribution in [3.63, 3.8) is 0 Å². The molecule has 1 aromatic carbocycles. The van der Waals surface area contributed by atoms with Crippen molar-refractivity contribution in [1.82, 2.24) is 0 Å². The normalized spacial score (nSPS) is 27.2. The van der Waals surface area contributed by atoms with Crippen molar-refractivity contribution in [2.45, 2.75) is 51.2 Å². The van der Waals surface area contributed by atoms with Crippen molar-refractivity contribution < 1.29 is 34.8 Å². The van der Waals surface area contributed by atoms with Crippen LogP contribution in [0.25, 0.3) is 0 Å². The highest BCUT2D eigenvalue weighted by Crippen LogP contribution is 2.52. The van der Waals surface area contributed by atoms with E-state index >= 15 is 0 Å². The fourth-order valence-electron chi connectivity index (χ4n) is 5.47. The van der Waals surface area contributed by atoms with Crippen molar-refractivity contribution in [3.8, 4) is 5.75 Å². The molecular weight excluding hydrogens is 416 g/mol. The summed E-state index contributed by atoms with van der Waals surface area (Å²) in [6, 6.07) is 1.79. The van der Waals surface area contributed by atoms with Gasteiger partial charge in [-0.3, -0.25) is 14.4 Å². The summed E-state index contributed by atoms with van der Waals surface area (Å²) in [5, 5.41) is 43.2. The third-order valence-electron chi connectivity index (χ3n) is 6.97. The highest BCUT2D eigenvalue weighted by Gasteiger charge is 2.59. The van der Waals surface area contributed by atoms with Crippen LogP contribution in [0.15, 0.2) is 28.7 Å². The third kappa shape index (κ3) is 2.81. The van der Waals surface area contributed by atoms with Gasteiger partial charge in [0, 0.05) is 30.0 Å². The Morgan fingerprint density at radius 2 is 1.88 bits per heavy atom. The highest BCUT2D eigenvalue weighted by molar-refractivity contribution is 6.24. The summed E-state index contributed by atoms with van der Waals surface area (Å²) in [6.45, 7) is 2.00. The molecule has 0 heterocycles. The van der Waals surface area contributed by atoms with Gasteiger partial charge in [-0.05, 0) is 36.3 Å². The van der Waals surface area contributed by atoms with E-state index in [1.165, 1.54) is 0 Å². The number of allylic oxidation sites excluding steroid dienone is 2. The molecule has 0 bridgehead atoms. The fraction of sp³-hybridized carbons (Fsp3) is 0.435.